The van der Waals surface area contributed by atoms with E-state index >= 15 is 0 Å². The van der Waals surface area contributed by atoms with Gasteiger partial charge in [0, 0.05) is 11.8 Å². The molecule has 8 nitrogen and oxygen atoms in total. The van der Waals surface area contributed by atoms with Gasteiger partial charge in [-0.25, -0.2) is 14.8 Å². The number of nitrogens with one attached hydrogen (secondary N) is 2. The van der Waals surface area contributed by atoms with Crippen LogP contribution in [0, 0.1) is 5.82 Å². The predicted molar refractivity (Wildman–Crippen MR) is 104 cm³/mol. The van der Waals surface area contributed by atoms with E-state index in [-0.39, 0.29) is 24.1 Å². The number of phenols is 1. The lowest BCUT2D eigenvalue weighted by molar-refractivity contribution is 0.377. The quantitative estimate of drug-likeness (QED) is 0.404. The highest BCUT2D eigenvalue weighted by atomic mass is 19.1. The molecule has 0 aliphatic carbocycles. The van der Waals surface area contributed by atoms with Crippen molar-refractivity contribution in [2.45, 2.75) is 0 Å². The molecule has 28 heavy (non-hydrogen) atoms. The van der Waals surface area contributed by atoms with Crippen LogP contribution >= 0.6 is 0 Å². The highest BCUT2D eigenvalue weighted by Gasteiger charge is 2.07. The molecule has 0 amide bonds. The molecule has 0 saturated carbocycles. The second-order valence-electron chi connectivity index (χ2n) is 5.48. The lowest BCUT2D eigenvalue weighted by atomic mass is 10.3. The number of halogens is 1. The molecular formula is C19H18FN5O3. The number of hydrogen-bond acceptors (Lipinski definition) is 8. The van der Waals surface area contributed by atoms with E-state index in [1.165, 1.54) is 18.3 Å². The fourth-order valence-electron chi connectivity index (χ4n) is 2.18. The second kappa shape index (κ2) is 9.17. The smallest absolute Gasteiger partial charge is 0.245 e. The van der Waals surface area contributed by atoms with Gasteiger partial charge in [0.05, 0.1) is 19.5 Å². The summed E-state index contributed by atoms with van der Waals surface area (Å²) in [5.74, 6) is 0.881. The third kappa shape index (κ3) is 5.31. The van der Waals surface area contributed by atoms with Crippen molar-refractivity contribution >= 4 is 23.7 Å². The fraction of sp³-hybridized carbons (Fsp3) is 0.105. The van der Waals surface area contributed by atoms with Gasteiger partial charge in [-0.15, -0.1) is 0 Å². The van der Waals surface area contributed by atoms with Gasteiger partial charge < -0.3 is 19.9 Å². The summed E-state index contributed by atoms with van der Waals surface area (Å²) in [6.45, 7) is 0.217. The summed E-state index contributed by atoms with van der Waals surface area (Å²) in [6.07, 6.45) is 2.50. The molecule has 0 saturated heterocycles. The van der Waals surface area contributed by atoms with E-state index < -0.39 is 5.82 Å². The zero-order valence-corrected chi connectivity index (χ0v) is 15.0. The first kappa shape index (κ1) is 18.9. The van der Waals surface area contributed by atoms with E-state index in [1.54, 1.807) is 43.5 Å². The minimum atomic E-state index is -0.638. The Morgan fingerprint density at radius 3 is 2.71 bits per heavy atom. The van der Waals surface area contributed by atoms with E-state index in [1.807, 2.05) is 0 Å². The molecule has 144 valence electrons. The van der Waals surface area contributed by atoms with E-state index in [0.29, 0.717) is 11.4 Å². The summed E-state index contributed by atoms with van der Waals surface area (Å²) >= 11 is 0. The molecule has 2 aromatic carbocycles. The maximum absolute atomic E-state index is 13.9. The standard InChI is InChI=1S/C19H18FN5O3/c1-27-15-5-7-16(8-6-15)28-10-9-22-25-19-21-12-17(20)18(24-19)23-13-3-2-4-14(26)11-13/h2-9,11-12,26H,10H2,1H3,(H2,21,23,24,25). The lowest BCUT2D eigenvalue weighted by Crippen LogP contribution is -2.04. The van der Waals surface area contributed by atoms with Gasteiger partial charge in [0.25, 0.3) is 0 Å². The van der Waals surface area contributed by atoms with E-state index in [0.717, 1.165) is 11.9 Å². The van der Waals surface area contributed by atoms with Crippen LogP contribution in [0.15, 0.2) is 59.8 Å². The first-order valence-corrected chi connectivity index (χ1v) is 8.27. The van der Waals surface area contributed by atoms with E-state index in [9.17, 15) is 9.50 Å². The molecule has 3 rings (SSSR count). The first-order valence-electron chi connectivity index (χ1n) is 8.27. The van der Waals surface area contributed by atoms with Crippen molar-refractivity contribution in [1.82, 2.24) is 9.97 Å². The topological polar surface area (TPSA) is 101 Å². The Balaban J connectivity index is 1.54. The molecule has 0 aliphatic heterocycles. The average Bonchev–Trinajstić information content (AvgIpc) is 2.70. The molecular weight excluding hydrogens is 365 g/mol. The maximum atomic E-state index is 13.9. The normalized spacial score (nSPS) is 10.6. The summed E-state index contributed by atoms with van der Waals surface area (Å²) in [6, 6.07) is 13.4. The van der Waals surface area contributed by atoms with Crippen molar-refractivity contribution < 1.29 is 19.0 Å². The van der Waals surface area contributed by atoms with Crippen molar-refractivity contribution in [3.05, 3.63) is 60.5 Å². The Bertz CT molecular complexity index is 951. The van der Waals surface area contributed by atoms with Gasteiger partial charge in [0.15, 0.2) is 11.6 Å². The van der Waals surface area contributed by atoms with Gasteiger partial charge in [-0.2, -0.15) is 10.1 Å². The van der Waals surface area contributed by atoms with Crippen LogP contribution in [0.5, 0.6) is 17.2 Å². The van der Waals surface area contributed by atoms with Gasteiger partial charge in [0.1, 0.15) is 23.9 Å². The number of hydrogen-bond donors (Lipinski definition) is 3. The summed E-state index contributed by atoms with van der Waals surface area (Å²) < 4.78 is 24.5. The number of phenolic OH excluding ortho intramolecular Hbond substituents is 1. The third-order valence-corrected chi connectivity index (χ3v) is 3.49. The number of aromatic hydroxyl groups is 1. The van der Waals surface area contributed by atoms with E-state index in [2.05, 4.69) is 25.8 Å². The highest BCUT2D eigenvalue weighted by Crippen LogP contribution is 2.21. The monoisotopic (exact) mass is 383 g/mol. The number of nitrogens with zero attached hydrogens (tertiary/aromatic N) is 3. The maximum Gasteiger partial charge on any atom is 0.245 e. The number of hydrazone groups is 1. The van der Waals surface area contributed by atoms with Crippen LogP contribution in [0.25, 0.3) is 0 Å². The molecule has 1 aromatic heterocycles. The lowest BCUT2D eigenvalue weighted by Gasteiger charge is -2.08. The minimum Gasteiger partial charge on any atom is -0.508 e. The molecule has 0 aliphatic rings. The van der Waals surface area contributed by atoms with E-state index in [4.69, 9.17) is 9.47 Å². The number of anilines is 3. The van der Waals surface area contributed by atoms with Crippen molar-refractivity contribution in [3.63, 3.8) is 0 Å². The molecule has 0 atom stereocenters. The average molecular weight is 383 g/mol. The zero-order valence-electron chi connectivity index (χ0n) is 15.0. The first-order chi connectivity index (χ1) is 13.6. The van der Waals surface area contributed by atoms with Crippen molar-refractivity contribution in [2.75, 3.05) is 24.5 Å². The van der Waals surface area contributed by atoms with Crippen molar-refractivity contribution in [2.24, 2.45) is 5.10 Å². The van der Waals surface area contributed by atoms with Gasteiger partial charge in [-0.3, -0.25) is 0 Å². The molecule has 0 spiro atoms. The Labute approximate surface area is 160 Å². The number of methoxy groups -OCH3 is 1. The Kier molecular flexibility index (Phi) is 6.19. The van der Waals surface area contributed by atoms with Crippen LogP contribution in [0.4, 0.5) is 21.8 Å². The Morgan fingerprint density at radius 2 is 1.96 bits per heavy atom. The van der Waals surface area contributed by atoms with Crippen molar-refractivity contribution in [3.8, 4) is 17.2 Å². The molecule has 0 radical (unpaired) electrons. The third-order valence-electron chi connectivity index (χ3n) is 3.49. The summed E-state index contributed by atoms with van der Waals surface area (Å²) in [5, 5.41) is 16.2. The number of benzene rings is 2. The molecule has 3 aromatic rings. The number of aromatic nitrogens is 2. The summed E-state index contributed by atoms with van der Waals surface area (Å²) in [7, 11) is 1.59. The van der Waals surface area contributed by atoms with Crippen LogP contribution in [0.1, 0.15) is 0 Å². The molecule has 3 N–H and O–H groups in total. The molecule has 1 heterocycles. The van der Waals surface area contributed by atoms with Gasteiger partial charge in [0.2, 0.25) is 5.95 Å². The number of ether oxygens (including phenoxy) is 2. The van der Waals surface area contributed by atoms with Gasteiger partial charge in [-0.05, 0) is 36.4 Å². The summed E-state index contributed by atoms with van der Waals surface area (Å²) in [5.41, 5.74) is 3.09. The SMILES string of the molecule is COc1ccc(OCC=NNc2ncc(F)c(Nc3cccc(O)c3)n2)cc1. The van der Waals surface area contributed by atoms with Crippen LogP contribution < -0.4 is 20.2 Å². The van der Waals surface area contributed by atoms with Crippen LogP contribution in [0.3, 0.4) is 0 Å². The second-order valence-corrected chi connectivity index (χ2v) is 5.48. The Hall–Kier alpha value is -3.88. The summed E-state index contributed by atoms with van der Waals surface area (Å²) in [4.78, 5) is 7.83. The highest BCUT2D eigenvalue weighted by molar-refractivity contribution is 5.61. The minimum absolute atomic E-state index is 0.0483. The fourth-order valence-corrected chi connectivity index (χ4v) is 2.18. The largest absolute Gasteiger partial charge is 0.508 e. The van der Waals surface area contributed by atoms with Crippen LogP contribution in [-0.2, 0) is 0 Å². The predicted octanol–water partition coefficient (Wildman–Crippen LogP) is 3.55. The van der Waals surface area contributed by atoms with Crippen LogP contribution in [-0.4, -0.2) is 35.0 Å². The molecule has 0 fully saturated rings. The molecule has 0 bridgehead atoms. The zero-order chi connectivity index (χ0) is 19.8. The Morgan fingerprint density at radius 1 is 1.18 bits per heavy atom. The van der Waals surface area contributed by atoms with Crippen LogP contribution in [0.2, 0.25) is 0 Å². The van der Waals surface area contributed by atoms with Crippen molar-refractivity contribution in [1.29, 1.82) is 0 Å². The number of rotatable bonds is 8. The van der Waals surface area contributed by atoms with Gasteiger partial charge in [-0.1, -0.05) is 6.07 Å². The molecule has 0 unspecified atom stereocenters. The molecule has 9 heteroatoms. The van der Waals surface area contributed by atoms with Gasteiger partial charge >= 0.3 is 0 Å².